The van der Waals surface area contributed by atoms with Crippen LogP contribution in [-0.4, -0.2) is 36.9 Å². The maximum atomic E-state index is 5.91. The molecule has 0 aliphatic rings. The van der Waals surface area contributed by atoms with E-state index in [2.05, 4.69) is 46.7 Å². The van der Waals surface area contributed by atoms with Gasteiger partial charge < -0.3 is 15.2 Å². The predicted octanol–water partition coefficient (Wildman–Crippen LogP) is 2.32. The second-order valence-corrected chi connectivity index (χ2v) is 6.09. The lowest BCUT2D eigenvalue weighted by Gasteiger charge is -2.20. The Kier molecular flexibility index (Phi) is 6.16. The molecule has 1 rings (SSSR count). The fraction of sp³-hybridized carbons (Fsp3) is 0.692. The van der Waals surface area contributed by atoms with Gasteiger partial charge in [0, 0.05) is 18.9 Å². The summed E-state index contributed by atoms with van der Waals surface area (Å²) in [5.74, 6) is 1.19. The topological polar surface area (TPSA) is 70.3 Å². The molecule has 2 N–H and O–H groups in total. The highest BCUT2D eigenvalue weighted by atomic mass is 79.9. The normalized spacial score (nSPS) is 11.8. The summed E-state index contributed by atoms with van der Waals surface area (Å²) in [7, 11) is 1.65. The highest BCUT2D eigenvalue weighted by molar-refractivity contribution is 9.10. The van der Waals surface area contributed by atoms with Crippen molar-refractivity contribution in [3.05, 3.63) is 16.0 Å². The van der Waals surface area contributed by atoms with Gasteiger partial charge >= 0.3 is 0 Å². The van der Waals surface area contributed by atoms with Gasteiger partial charge in [-0.1, -0.05) is 20.8 Å². The molecule has 1 heterocycles. The Balaban J connectivity index is 2.72. The number of nitrogen functional groups attached to an aromatic ring is 1. The third-order valence-electron chi connectivity index (χ3n) is 2.54. The average Bonchev–Trinajstić information content (AvgIpc) is 2.31. The molecule has 0 bridgehead atoms. The molecule has 0 aromatic carbocycles. The summed E-state index contributed by atoms with van der Waals surface area (Å²) in [6.45, 7) is 8.02. The van der Waals surface area contributed by atoms with Crippen LogP contribution in [0.4, 0.5) is 5.82 Å². The minimum atomic E-state index is -0.0818. The minimum absolute atomic E-state index is 0.0818. The molecule has 0 saturated carbocycles. The van der Waals surface area contributed by atoms with E-state index in [4.69, 9.17) is 15.2 Å². The number of hydrogen-bond donors (Lipinski definition) is 1. The Morgan fingerprint density at radius 2 is 1.84 bits per heavy atom. The van der Waals surface area contributed by atoms with Gasteiger partial charge in [-0.3, -0.25) is 0 Å². The van der Waals surface area contributed by atoms with Crippen LogP contribution in [0.3, 0.4) is 0 Å². The van der Waals surface area contributed by atoms with E-state index in [9.17, 15) is 0 Å². The van der Waals surface area contributed by atoms with E-state index in [-0.39, 0.29) is 5.41 Å². The van der Waals surface area contributed by atoms with Crippen LogP contribution in [0.1, 0.15) is 32.3 Å². The zero-order valence-corrected chi connectivity index (χ0v) is 13.6. The molecule has 0 amide bonds. The Bertz CT molecular complexity index is 419. The number of anilines is 1. The molecule has 5 nitrogen and oxygen atoms in total. The van der Waals surface area contributed by atoms with Gasteiger partial charge in [0.15, 0.2) is 0 Å². The van der Waals surface area contributed by atoms with Crippen LogP contribution in [0.2, 0.25) is 0 Å². The highest BCUT2D eigenvalue weighted by Gasteiger charge is 2.22. The fourth-order valence-electron chi connectivity index (χ4n) is 1.53. The van der Waals surface area contributed by atoms with Gasteiger partial charge in [-0.2, -0.15) is 0 Å². The van der Waals surface area contributed by atoms with Gasteiger partial charge in [0.25, 0.3) is 0 Å². The molecule has 0 aliphatic carbocycles. The number of halogens is 1. The number of nitrogens with zero attached hydrogens (tertiary/aromatic N) is 2. The van der Waals surface area contributed by atoms with Crippen LogP contribution in [0, 0.1) is 0 Å². The summed E-state index contributed by atoms with van der Waals surface area (Å²) >= 11 is 3.45. The van der Waals surface area contributed by atoms with Crippen molar-refractivity contribution in [2.24, 2.45) is 0 Å². The predicted molar refractivity (Wildman–Crippen MR) is 79.2 cm³/mol. The summed E-state index contributed by atoms with van der Waals surface area (Å²) in [4.78, 5) is 8.85. The summed E-state index contributed by atoms with van der Waals surface area (Å²) in [5.41, 5.74) is 6.75. The summed E-state index contributed by atoms with van der Waals surface area (Å²) in [5, 5.41) is 0. The number of aromatic nitrogens is 2. The number of methoxy groups -OCH3 is 1. The van der Waals surface area contributed by atoms with Gasteiger partial charge in [0.05, 0.1) is 30.0 Å². The van der Waals surface area contributed by atoms with Crippen molar-refractivity contribution in [2.75, 3.05) is 32.7 Å². The van der Waals surface area contributed by atoms with E-state index in [1.165, 1.54) is 0 Å². The molecule has 0 radical (unpaired) electrons. The molecule has 19 heavy (non-hydrogen) atoms. The number of hydrogen-bond acceptors (Lipinski definition) is 5. The van der Waals surface area contributed by atoms with Crippen molar-refractivity contribution in [3.8, 4) is 0 Å². The highest BCUT2D eigenvalue weighted by Crippen LogP contribution is 2.31. The van der Waals surface area contributed by atoms with Crippen LogP contribution in [0.5, 0.6) is 0 Å². The molecular formula is C13H22BrN3O2. The van der Waals surface area contributed by atoms with E-state index in [0.29, 0.717) is 37.9 Å². The van der Waals surface area contributed by atoms with E-state index >= 15 is 0 Å². The molecule has 1 aromatic rings. The lowest BCUT2D eigenvalue weighted by atomic mass is 9.92. The molecular weight excluding hydrogens is 310 g/mol. The van der Waals surface area contributed by atoms with Crippen molar-refractivity contribution < 1.29 is 9.47 Å². The van der Waals surface area contributed by atoms with Crippen molar-refractivity contribution in [1.29, 1.82) is 0 Å². The van der Waals surface area contributed by atoms with Crippen LogP contribution in [0.25, 0.3) is 0 Å². The second-order valence-electron chi connectivity index (χ2n) is 5.29. The van der Waals surface area contributed by atoms with Gasteiger partial charge in [-0.05, 0) is 15.9 Å². The fourth-order valence-corrected chi connectivity index (χ4v) is 2.30. The molecule has 0 spiro atoms. The Labute approximate surface area is 123 Å². The zero-order valence-electron chi connectivity index (χ0n) is 12.0. The van der Waals surface area contributed by atoms with E-state index < -0.39 is 0 Å². The third-order valence-corrected chi connectivity index (χ3v) is 3.32. The van der Waals surface area contributed by atoms with Crippen molar-refractivity contribution in [1.82, 2.24) is 9.97 Å². The van der Waals surface area contributed by atoms with Crippen LogP contribution < -0.4 is 5.73 Å². The summed E-state index contributed by atoms with van der Waals surface area (Å²) < 4.78 is 11.1. The zero-order chi connectivity index (χ0) is 14.5. The number of ether oxygens (including phenoxy) is 2. The van der Waals surface area contributed by atoms with E-state index in [0.717, 1.165) is 10.2 Å². The Hall–Kier alpha value is -0.720. The molecule has 0 aliphatic heterocycles. The first-order valence-electron chi connectivity index (χ1n) is 6.25. The number of nitrogens with two attached hydrogens (primary N) is 1. The van der Waals surface area contributed by atoms with Crippen LogP contribution >= 0.6 is 15.9 Å². The van der Waals surface area contributed by atoms with Crippen molar-refractivity contribution in [3.63, 3.8) is 0 Å². The maximum Gasteiger partial charge on any atom is 0.141 e. The summed E-state index contributed by atoms with van der Waals surface area (Å²) in [6.07, 6.45) is 0.643. The van der Waals surface area contributed by atoms with Crippen LogP contribution in [-0.2, 0) is 21.3 Å². The van der Waals surface area contributed by atoms with Gasteiger partial charge in [0.2, 0.25) is 0 Å². The number of rotatable bonds is 6. The molecule has 0 atom stereocenters. The standard InChI is InChI=1S/C13H22BrN3O2/c1-13(2,3)11-10(14)12(15)17-9(16-11)5-6-19-8-7-18-4/h5-8H2,1-4H3,(H2,15,16,17). The van der Waals surface area contributed by atoms with Gasteiger partial charge in [-0.15, -0.1) is 0 Å². The quantitative estimate of drug-likeness (QED) is 0.810. The lowest BCUT2D eigenvalue weighted by molar-refractivity contribution is 0.0716. The molecule has 0 saturated heterocycles. The first kappa shape index (κ1) is 16.3. The minimum Gasteiger partial charge on any atom is -0.383 e. The van der Waals surface area contributed by atoms with Crippen molar-refractivity contribution in [2.45, 2.75) is 32.6 Å². The Morgan fingerprint density at radius 3 is 2.42 bits per heavy atom. The largest absolute Gasteiger partial charge is 0.383 e. The monoisotopic (exact) mass is 331 g/mol. The SMILES string of the molecule is COCCOCCc1nc(N)c(Br)c(C(C)(C)C)n1. The van der Waals surface area contributed by atoms with Gasteiger partial charge in [-0.25, -0.2) is 9.97 Å². The van der Waals surface area contributed by atoms with Crippen LogP contribution in [0.15, 0.2) is 4.47 Å². The van der Waals surface area contributed by atoms with Gasteiger partial charge in [0.1, 0.15) is 11.6 Å². The first-order valence-corrected chi connectivity index (χ1v) is 7.04. The maximum absolute atomic E-state index is 5.91. The molecule has 6 heteroatoms. The second kappa shape index (κ2) is 7.17. The molecule has 0 unspecified atom stereocenters. The lowest BCUT2D eigenvalue weighted by Crippen LogP contribution is -2.18. The Morgan fingerprint density at radius 1 is 1.16 bits per heavy atom. The molecule has 1 aromatic heterocycles. The molecule has 0 fully saturated rings. The average molecular weight is 332 g/mol. The summed E-state index contributed by atoms with van der Waals surface area (Å²) in [6, 6.07) is 0. The first-order chi connectivity index (χ1) is 8.86. The van der Waals surface area contributed by atoms with E-state index in [1.807, 2.05) is 0 Å². The smallest absolute Gasteiger partial charge is 0.141 e. The van der Waals surface area contributed by atoms with E-state index in [1.54, 1.807) is 7.11 Å². The van der Waals surface area contributed by atoms with Crippen molar-refractivity contribution >= 4 is 21.7 Å². The molecule has 108 valence electrons. The third kappa shape index (κ3) is 5.04.